The standard InChI is InChI=1S/C12H16ClNO3/c1-7(2)17-11-9(13)5-8(12(15)14-3)6-10(11)16-4/h5-7H,1-4H3,(H,14,15). The van der Waals surface area contributed by atoms with Gasteiger partial charge < -0.3 is 14.8 Å². The van der Waals surface area contributed by atoms with Crippen molar-refractivity contribution in [1.29, 1.82) is 0 Å². The van der Waals surface area contributed by atoms with E-state index in [-0.39, 0.29) is 12.0 Å². The molecule has 4 nitrogen and oxygen atoms in total. The van der Waals surface area contributed by atoms with Crippen molar-refractivity contribution in [2.45, 2.75) is 20.0 Å². The molecule has 94 valence electrons. The van der Waals surface area contributed by atoms with Crippen molar-refractivity contribution in [2.75, 3.05) is 14.2 Å². The normalized spacial score (nSPS) is 10.2. The first-order valence-corrected chi connectivity index (χ1v) is 5.63. The summed E-state index contributed by atoms with van der Waals surface area (Å²) in [6.45, 7) is 3.78. The zero-order valence-corrected chi connectivity index (χ0v) is 11.1. The van der Waals surface area contributed by atoms with Crippen LogP contribution in [-0.4, -0.2) is 26.2 Å². The van der Waals surface area contributed by atoms with Gasteiger partial charge in [-0.05, 0) is 26.0 Å². The van der Waals surface area contributed by atoms with Gasteiger partial charge in [0.25, 0.3) is 5.91 Å². The number of carbonyl (C=O) groups excluding carboxylic acids is 1. The molecule has 0 fully saturated rings. The number of hydrogen-bond acceptors (Lipinski definition) is 3. The molecule has 0 saturated heterocycles. The molecule has 0 aliphatic rings. The van der Waals surface area contributed by atoms with Gasteiger partial charge in [-0.1, -0.05) is 11.6 Å². The topological polar surface area (TPSA) is 47.6 Å². The number of amides is 1. The van der Waals surface area contributed by atoms with E-state index in [1.165, 1.54) is 7.11 Å². The second-order valence-corrected chi connectivity index (χ2v) is 4.14. The third kappa shape index (κ3) is 3.27. The average molecular weight is 258 g/mol. The SMILES string of the molecule is CNC(=O)c1cc(Cl)c(OC(C)C)c(OC)c1. The molecule has 0 aliphatic heterocycles. The minimum absolute atomic E-state index is 0.0211. The van der Waals surface area contributed by atoms with E-state index in [9.17, 15) is 4.79 Å². The van der Waals surface area contributed by atoms with Gasteiger partial charge in [0.15, 0.2) is 11.5 Å². The minimum atomic E-state index is -0.221. The molecule has 0 aromatic heterocycles. The predicted octanol–water partition coefficient (Wildman–Crippen LogP) is 2.50. The molecule has 1 rings (SSSR count). The maximum atomic E-state index is 11.5. The fraction of sp³-hybridized carbons (Fsp3) is 0.417. The first kappa shape index (κ1) is 13.6. The third-order valence-electron chi connectivity index (χ3n) is 2.07. The molecule has 0 atom stereocenters. The predicted molar refractivity (Wildman–Crippen MR) is 67.2 cm³/mol. The van der Waals surface area contributed by atoms with Crippen molar-refractivity contribution in [3.63, 3.8) is 0 Å². The Morgan fingerprint density at radius 2 is 2.06 bits per heavy atom. The molecule has 0 unspecified atom stereocenters. The minimum Gasteiger partial charge on any atom is -0.493 e. The number of carbonyl (C=O) groups is 1. The molecule has 5 heteroatoms. The van der Waals surface area contributed by atoms with Crippen molar-refractivity contribution in [1.82, 2.24) is 5.32 Å². The van der Waals surface area contributed by atoms with Crippen LogP contribution in [0, 0.1) is 0 Å². The lowest BCUT2D eigenvalue weighted by Crippen LogP contribution is -2.18. The van der Waals surface area contributed by atoms with Crippen LogP contribution in [0.25, 0.3) is 0 Å². The Morgan fingerprint density at radius 1 is 1.41 bits per heavy atom. The molecule has 1 aromatic rings. The summed E-state index contributed by atoms with van der Waals surface area (Å²) >= 11 is 6.07. The maximum absolute atomic E-state index is 11.5. The van der Waals surface area contributed by atoms with Gasteiger partial charge in [-0.3, -0.25) is 4.79 Å². The van der Waals surface area contributed by atoms with Crippen LogP contribution in [0.1, 0.15) is 24.2 Å². The lowest BCUT2D eigenvalue weighted by Gasteiger charge is -2.16. The number of halogens is 1. The highest BCUT2D eigenvalue weighted by molar-refractivity contribution is 6.32. The van der Waals surface area contributed by atoms with Crippen molar-refractivity contribution in [3.8, 4) is 11.5 Å². The number of nitrogens with one attached hydrogen (secondary N) is 1. The highest BCUT2D eigenvalue weighted by Crippen LogP contribution is 2.37. The zero-order valence-electron chi connectivity index (χ0n) is 10.3. The molecule has 1 aromatic carbocycles. The third-order valence-corrected chi connectivity index (χ3v) is 2.35. The quantitative estimate of drug-likeness (QED) is 0.902. The van der Waals surface area contributed by atoms with Crippen LogP contribution in [0.5, 0.6) is 11.5 Å². The summed E-state index contributed by atoms with van der Waals surface area (Å²) in [4.78, 5) is 11.5. The lowest BCUT2D eigenvalue weighted by molar-refractivity contribution is 0.0962. The summed E-state index contributed by atoms with van der Waals surface area (Å²) in [5.74, 6) is 0.683. The van der Waals surface area contributed by atoms with Crippen molar-refractivity contribution in [2.24, 2.45) is 0 Å². The number of hydrogen-bond donors (Lipinski definition) is 1. The monoisotopic (exact) mass is 257 g/mol. The van der Waals surface area contributed by atoms with Crippen LogP contribution in [0.4, 0.5) is 0 Å². The van der Waals surface area contributed by atoms with E-state index in [4.69, 9.17) is 21.1 Å². The Kier molecular flexibility index (Phi) is 4.63. The van der Waals surface area contributed by atoms with Crippen molar-refractivity contribution < 1.29 is 14.3 Å². The molecule has 17 heavy (non-hydrogen) atoms. The maximum Gasteiger partial charge on any atom is 0.251 e. The van der Waals surface area contributed by atoms with Gasteiger partial charge in [0.05, 0.1) is 18.2 Å². The van der Waals surface area contributed by atoms with E-state index >= 15 is 0 Å². The smallest absolute Gasteiger partial charge is 0.251 e. The highest BCUT2D eigenvalue weighted by Gasteiger charge is 2.15. The Balaban J connectivity index is 3.20. The summed E-state index contributed by atoms with van der Waals surface area (Å²) < 4.78 is 10.7. The van der Waals surface area contributed by atoms with E-state index in [1.807, 2.05) is 13.8 Å². The Bertz CT molecular complexity index is 418. The fourth-order valence-electron chi connectivity index (χ4n) is 1.35. The van der Waals surface area contributed by atoms with Gasteiger partial charge in [-0.25, -0.2) is 0 Å². The lowest BCUT2D eigenvalue weighted by atomic mass is 10.2. The van der Waals surface area contributed by atoms with E-state index in [0.717, 1.165) is 0 Å². The highest BCUT2D eigenvalue weighted by atomic mass is 35.5. The molecule has 0 spiro atoms. The molecule has 0 bridgehead atoms. The van der Waals surface area contributed by atoms with E-state index in [1.54, 1.807) is 19.2 Å². The molecule has 1 N–H and O–H groups in total. The van der Waals surface area contributed by atoms with E-state index < -0.39 is 0 Å². The van der Waals surface area contributed by atoms with Crippen LogP contribution in [0.3, 0.4) is 0 Å². The molecule has 0 radical (unpaired) electrons. The summed E-state index contributed by atoms with van der Waals surface area (Å²) in [5.41, 5.74) is 0.436. The average Bonchev–Trinajstić information content (AvgIpc) is 2.29. The van der Waals surface area contributed by atoms with Gasteiger partial charge in [-0.15, -0.1) is 0 Å². The van der Waals surface area contributed by atoms with Gasteiger partial charge in [-0.2, -0.15) is 0 Å². The summed E-state index contributed by atoms with van der Waals surface area (Å²) in [5, 5.41) is 2.88. The number of methoxy groups -OCH3 is 1. The first-order chi connectivity index (χ1) is 7.99. The zero-order chi connectivity index (χ0) is 13.0. The molecule has 1 amide bonds. The Labute approximate surface area is 106 Å². The van der Waals surface area contributed by atoms with E-state index in [0.29, 0.717) is 22.1 Å². The summed E-state index contributed by atoms with van der Waals surface area (Å²) in [7, 11) is 3.06. The van der Waals surface area contributed by atoms with Crippen LogP contribution in [0.2, 0.25) is 5.02 Å². The second-order valence-electron chi connectivity index (χ2n) is 3.74. The Hall–Kier alpha value is -1.42. The first-order valence-electron chi connectivity index (χ1n) is 5.25. The van der Waals surface area contributed by atoms with Crippen LogP contribution in [0.15, 0.2) is 12.1 Å². The summed E-state index contributed by atoms with van der Waals surface area (Å²) in [6, 6.07) is 3.16. The molecule has 0 aliphatic carbocycles. The van der Waals surface area contributed by atoms with Crippen molar-refractivity contribution in [3.05, 3.63) is 22.7 Å². The fourth-order valence-corrected chi connectivity index (χ4v) is 1.60. The van der Waals surface area contributed by atoms with Crippen LogP contribution >= 0.6 is 11.6 Å². The van der Waals surface area contributed by atoms with Crippen molar-refractivity contribution >= 4 is 17.5 Å². The second kappa shape index (κ2) is 5.77. The van der Waals surface area contributed by atoms with Gasteiger partial charge >= 0.3 is 0 Å². The van der Waals surface area contributed by atoms with E-state index in [2.05, 4.69) is 5.32 Å². The van der Waals surface area contributed by atoms with Crippen LogP contribution < -0.4 is 14.8 Å². The Morgan fingerprint density at radius 3 is 2.53 bits per heavy atom. The summed E-state index contributed by atoms with van der Waals surface area (Å²) in [6.07, 6.45) is -0.0211. The molecule has 0 saturated carbocycles. The van der Waals surface area contributed by atoms with Gasteiger partial charge in [0.1, 0.15) is 0 Å². The molecular formula is C12H16ClNO3. The number of benzene rings is 1. The number of rotatable bonds is 4. The number of ether oxygens (including phenoxy) is 2. The largest absolute Gasteiger partial charge is 0.493 e. The molecular weight excluding hydrogens is 242 g/mol. The van der Waals surface area contributed by atoms with Crippen LogP contribution in [-0.2, 0) is 0 Å². The van der Waals surface area contributed by atoms with Gasteiger partial charge in [0, 0.05) is 12.6 Å². The van der Waals surface area contributed by atoms with Gasteiger partial charge in [0.2, 0.25) is 0 Å². The molecule has 0 heterocycles.